The van der Waals surface area contributed by atoms with Crippen molar-refractivity contribution >= 4 is 21.0 Å². The Bertz CT molecular complexity index is 156. The molecule has 0 radical (unpaired) electrons. The lowest BCUT2D eigenvalue weighted by Gasteiger charge is -2.08. The first kappa shape index (κ1) is 10.6. The van der Waals surface area contributed by atoms with Crippen LogP contribution in [0.5, 0.6) is 0 Å². The summed E-state index contributed by atoms with van der Waals surface area (Å²) in [6.45, 7) is 3.44. The predicted octanol–water partition coefficient (Wildman–Crippen LogP) is 0.630. The number of carbonyl (C=O) groups is 2. The van der Waals surface area contributed by atoms with Gasteiger partial charge in [0.2, 0.25) is 0 Å². The van der Waals surface area contributed by atoms with Crippen molar-refractivity contribution in [3.8, 4) is 0 Å². The van der Waals surface area contributed by atoms with Crippen LogP contribution in [-0.2, 0) is 14.3 Å². The Morgan fingerprint density at radius 2 is 2.09 bits per heavy atom. The molecule has 0 bridgehead atoms. The highest BCUT2D eigenvalue weighted by Gasteiger charge is 2.21. The van der Waals surface area contributed by atoms with Crippen molar-refractivity contribution in [1.82, 2.24) is 0 Å². The van der Waals surface area contributed by atoms with Crippen LogP contribution in [0.15, 0.2) is 0 Å². The van der Waals surface area contributed by atoms with Crippen molar-refractivity contribution in [2.45, 2.75) is 13.8 Å². The summed E-state index contributed by atoms with van der Waals surface area (Å²) in [5.74, 6) is -1.16. The molecule has 11 heavy (non-hydrogen) atoms. The monoisotopic (exact) mass is 176 g/mol. The van der Waals surface area contributed by atoms with E-state index >= 15 is 0 Å². The number of ketones is 1. The first-order chi connectivity index (χ1) is 5.13. The molecule has 4 heteroatoms. The van der Waals surface area contributed by atoms with Gasteiger partial charge in [-0.25, -0.2) is 0 Å². The molecule has 2 atom stereocenters. The summed E-state index contributed by atoms with van der Waals surface area (Å²) in [6.07, 6.45) is 0.439. The van der Waals surface area contributed by atoms with E-state index in [9.17, 15) is 9.59 Å². The lowest BCUT2D eigenvalue weighted by molar-refractivity contribution is -0.150. The summed E-state index contributed by atoms with van der Waals surface area (Å²) < 4.78 is 4.68. The lowest BCUT2D eigenvalue weighted by Crippen LogP contribution is -2.25. The maximum Gasteiger partial charge on any atom is 0.316 e. The zero-order chi connectivity index (χ0) is 8.85. The molecule has 0 aliphatic rings. The Morgan fingerprint density at radius 1 is 1.55 bits per heavy atom. The molecule has 0 heterocycles. The van der Waals surface area contributed by atoms with Gasteiger partial charge in [-0.05, 0) is 20.0 Å². The minimum atomic E-state index is -0.597. The SMILES string of the molecule is CCOC(=O)C(CP)C(C)=O. The highest BCUT2D eigenvalue weighted by Crippen LogP contribution is 2.05. The number of esters is 1. The Morgan fingerprint density at radius 3 is 2.36 bits per heavy atom. The third-order valence-corrected chi connectivity index (χ3v) is 1.77. The minimum Gasteiger partial charge on any atom is -0.465 e. The lowest BCUT2D eigenvalue weighted by atomic mass is 10.1. The third kappa shape index (κ3) is 3.47. The maximum atomic E-state index is 11.0. The van der Waals surface area contributed by atoms with Gasteiger partial charge in [0.1, 0.15) is 11.7 Å². The largest absolute Gasteiger partial charge is 0.465 e. The minimum absolute atomic E-state index is 0.140. The van der Waals surface area contributed by atoms with Gasteiger partial charge < -0.3 is 4.74 Å². The van der Waals surface area contributed by atoms with E-state index in [1.807, 2.05) is 0 Å². The molecule has 0 aromatic heterocycles. The van der Waals surface area contributed by atoms with Gasteiger partial charge in [0.25, 0.3) is 0 Å². The normalized spacial score (nSPS) is 12.3. The van der Waals surface area contributed by atoms with E-state index in [4.69, 9.17) is 0 Å². The molecule has 0 saturated heterocycles. The maximum absolute atomic E-state index is 11.0. The summed E-state index contributed by atoms with van der Waals surface area (Å²) in [4.78, 5) is 21.7. The number of Topliss-reactive ketones (excluding diaryl/α,β-unsaturated/α-hetero) is 1. The van der Waals surface area contributed by atoms with Crippen LogP contribution in [0.25, 0.3) is 0 Å². The Kier molecular flexibility index (Phi) is 5.05. The molecule has 0 aromatic rings. The fourth-order valence-electron chi connectivity index (χ4n) is 0.671. The van der Waals surface area contributed by atoms with Gasteiger partial charge >= 0.3 is 5.97 Å². The van der Waals surface area contributed by atoms with E-state index in [1.54, 1.807) is 6.92 Å². The van der Waals surface area contributed by atoms with E-state index in [1.165, 1.54) is 6.92 Å². The number of hydrogen-bond donors (Lipinski definition) is 0. The van der Waals surface area contributed by atoms with E-state index in [0.29, 0.717) is 12.8 Å². The summed E-state index contributed by atoms with van der Waals surface area (Å²) in [7, 11) is 2.36. The summed E-state index contributed by atoms with van der Waals surface area (Å²) in [5, 5.41) is 0. The predicted molar refractivity (Wildman–Crippen MR) is 45.4 cm³/mol. The van der Waals surface area contributed by atoms with Crippen LogP contribution in [-0.4, -0.2) is 24.5 Å². The molecule has 2 unspecified atom stereocenters. The molecule has 0 spiro atoms. The van der Waals surface area contributed by atoms with Gasteiger partial charge in [0, 0.05) is 0 Å². The van der Waals surface area contributed by atoms with E-state index < -0.39 is 11.9 Å². The van der Waals surface area contributed by atoms with Gasteiger partial charge in [-0.15, -0.1) is 9.24 Å². The summed E-state index contributed by atoms with van der Waals surface area (Å²) in [5.41, 5.74) is 0. The van der Waals surface area contributed by atoms with Crippen LogP contribution in [0, 0.1) is 5.92 Å². The van der Waals surface area contributed by atoms with Gasteiger partial charge in [0.15, 0.2) is 0 Å². The molecular weight excluding hydrogens is 163 g/mol. The average Bonchev–Trinajstić information content (AvgIpc) is 1.88. The van der Waals surface area contributed by atoms with E-state index in [2.05, 4.69) is 14.0 Å². The van der Waals surface area contributed by atoms with Gasteiger partial charge in [0.05, 0.1) is 6.61 Å². The molecule has 0 fully saturated rings. The van der Waals surface area contributed by atoms with Crippen LogP contribution >= 0.6 is 9.24 Å². The first-order valence-corrected chi connectivity index (χ1v) is 4.32. The van der Waals surface area contributed by atoms with Crippen LogP contribution in [0.2, 0.25) is 0 Å². The summed E-state index contributed by atoms with van der Waals surface area (Å²) >= 11 is 0. The fraction of sp³-hybridized carbons (Fsp3) is 0.714. The molecule has 0 aliphatic carbocycles. The molecule has 0 saturated carbocycles. The number of hydrogen-bond acceptors (Lipinski definition) is 3. The van der Waals surface area contributed by atoms with Crippen molar-refractivity contribution < 1.29 is 14.3 Å². The smallest absolute Gasteiger partial charge is 0.316 e. The second-order valence-corrected chi connectivity index (χ2v) is 2.62. The van der Waals surface area contributed by atoms with Crippen LogP contribution in [0.3, 0.4) is 0 Å². The fourth-order valence-corrected chi connectivity index (χ4v) is 1.20. The van der Waals surface area contributed by atoms with Crippen molar-refractivity contribution in [1.29, 1.82) is 0 Å². The van der Waals surface area contributed by atoms with Gasteiger partial charge in [-0.1, -0.05) is 0 Å². The van der Waals surface area contributed by atoms with Crippen LogP contribution in [0.4, 0.5) is 0 Å². The zero-order valence-electron chi connectivity index (χ0n) is 6.79. The number of ether oxygens (including phenoxy) is 1. The van der Waals surface area contributed by atoms with E-state index in [-0.39, 0.29) is 5.78 Å². The average molecular weight is 176 g/mol. The zero-order valence-corrected chi connectivity index (χ0v) is 7.95. The molecule has 64 valence electrons. The number of carbonyl (C=O) groups excluding carboxylic acids is 2. The Labute approximate surface area is 68.7 Å². The van der Waals surface area contributed by atoms with Crippen LogP contribution in [0.1, 0.15) is 13.8 Å². The Hall–Kier alpha value is -0.430. The van der Waals surface area contributed by atoms with Crippen molar-refractivity contribution in [3.05, 3.63) is 0 Å². The molecule has 0 amide bonds. The molecular formula is C7H13O3P. The van der Waals surface area contributed by atoms with Crippen molar-refractivity contribution in [2.24, 2.45) is 5.92 Å². The highest BCUT2D eigenvalue weighted by atomic mass is 31.0. The third-order valence-electron chi connectivity index (χ3n) is 1.30. The first-order valence-electron chi connectivity index (χ1n) is 3.50. The second-order valence-electron chi connectivity index (χ2n) is 2.15. The van der Waals surface area contributed by atoms with Crippen molar-refractivity contribution in [3.63, 3.8) is 0 Å². The topological polar surface area (TPSA) is 43.4 Å². The summed E-state index contributed by atoms with van der Waals surface area (Å²) in [6, 6.07) is 0. The van der Waals surface area contributed by atoms with Crippen LogP contribution < -0.4 is 0 Å². The molecule has 3 nitrogen and oxygen atoms in total. The molecule has 0 N–H and O–H groups in total. The van der Waals surface area contributed by atoms with Gasteiger partial charge in [-0.2, -0.15) is 0 Å². The highest BCUT2D eigenvalue weighted by molar-refractivity contribution is 7.16. The second kappa shape index (κ2) is 5.25. The molecule has 0 rings (SSSR count). The Balaban J connectivity index is 4.03. The van der Waals surface area contributed by atoms with Gasteiger partial charge in [-0.3, -0.25) is 9.59 Å². The van der Waals surface area contributed by atoms with Crippen molar-refractivity contribution in [2.75, 3.05) is 12.8 Å². The quantitative estimate of drug-likeness (QED) is 0.358. The standard InChI is InChI=1S/C7H13O3P/c1-3-10-7(9)6(4-11)5(2)8/h6H,3-4,11H2,1-2H3. The van der Waals surface area contributed by atoms with E-state index in [0.717, 1.165) is 0 Å². The molecule has 0 aliphatic heterocycles. The molecule has 0 aromatic carbocycles. The number of rotatable bonds is 4.